The van der Waals surface area contributed by atoms with Crippen LogP contribution in [0.2, 0.25) is 0 Å². The van der Waals surface area contributed by atoms with Crippen molar-refractivity contribution in [2.75, 3.05) is 18.5 Å². The predicted octanol–water partition coefficient (Wildman–Crippen LogP) is 5.32. The molecule has 0 bridgehead atoms. The second kappa shape index (κ2) is 10.1. The van der Waals surface area contributed by atoms with Gasteiger partial charge in [0.1, 0.15) is 18.1 Å². The molecule has 31 heavy (non-hydrogen) atoms. The maximum Gasteiger partial charge on any atom is 0.265 e. The largest absolute Gasteiger partial charge is 0.491 e. The topological polar surface area (TPSA) is 56.8 Å². The van der Waals surface area contributed by atoms with E-state index in [9.17, 15) is 4.79 Å². The van der Waals surface area contributed by atoms with Crippen molar-refractivity contribution in [2.45, 2.75) is 32.0 Å². The van der Waals surface area contributed by atoms with Crippen molar-refractivity contribution >= 4 is 11.6 Å². The van der Waals surface area contributed by atoms with Crippen LogP contribution in [-0.2, 0) is 9.53 Å². The van der Waals surface area contributed by atoms with Gasteiger partial charge < -0.3 is 19.5 Å². The minimum Gasteiger partial charge on any atom is -0.491 e. The molecule has 160 valence electrons. The van der Waals surface area contributed by atoms with Crippen LogP contribution in [0.25, 0.3) is 11.1 Å². The monoisotopic (exact) mass is 417 g/mol. The van der Waals surface area contributed by atoms with Gasteiger partial charge in [0, 0.05) is 18.4 Å². The first-order valence-electron chi connectivity index (χ1n) is 10.6. The molecule has 5 nitrogen and oxygen atoms in total. The Labute approximate surface area is 183 Å². The van der Waals surface area contributed by atoms with Gasteiger partial charge in [-0.1, -0.05) is 48.5 Å². The number of hydrogen-bond acceptors (Lipinski definition) is 4. The second-order valence-corrected chi connectivity index (χ2v) is 7.61. The van der Waals surface area contributed by atoms with Crippen molar-refractivity contribution in [3.63, 3.8) is 0 Å². The third kappa shape index (κ3) is 5.86. The molecule has 1 aliphatic heterocycles. The molecular formula is C26H27NO4. The van der Waals surface area contributed by atoms with Crippen LogP contribution in [0.3, 0.4) is 0 Å². The molecule has 2 unspecified atom stereocenters. The van der Waals surface area contributed by atoms with Gasteiger partial charge in [-0.15, -0.1) is 0 Å². The van der Waals surface area contributed by atoms with Crippen LogP contribution in [0.1, 0.15) is 19.8 Å². The van der Waals surface area contributed by atoms with Gasteiger partial charge >= 0.3 is 0 Å². The molecule has 2 atom stereocenters. The zero-order valence-electron chi connectivity index (χ0n) is 17.6. The molecule has 5 heteroatoms. The van der Waals surface area contributed by atoms with Crippen LogP contribution in [0.15, 0.2) is 78.9 Å². The molecule has 1 saturated heterocycles. The minimum atomic E-state index is -0.640. The Morgan fingerprint density at radius 2 is 1.77 bits per heavy atom. The van der Waals surface area contributed by atoms with Gasteiger partial charge in [0.05, 0.1) is 6.10 Å². The Hall–Kier alpha value is -3.31. The Morgan fingerprint density at radius 3 is 2.52 bits per heavy atom. The van der Waals surface area contributed by atoms with E-state index in [1.54, 1.807) is 6.92 Å². The van der Waals surface area contributed by atoms with Gasteiger partial charge in [-0.05, 0) is 55.2 Å². The summed E-state index contributed by atoms with van der Waals surface area (Å²) in [6.45, 7) is 3.06. The van der Waals surface area contributed by atoms with Crippen LogP contribution >= 0.6 is 0 Å². The van der Waals surface area contributed by atoms with Gasteiger partial charge in [-0.2, -0.15) is 0 Å². The lowest BCUT2D eigenvalue weighted by Gasteiger charge is -2.16. The number of nitrogens with one attached hydrogen (secondary N) is 1. The molecule has 1 N–H and O–H groups in total. The lowest BCUT2D eigenvalue weighted by atomic mass is 10.1. The smallest absolute Gasteiger partial charge is 0.265 e. The average molecular weight is 418 g/mol. The number of ether oxygens (including phenoxy) is 3. The number of hydrogen-bond donors (Lipinski definition) is 1. The van der Waals surface area contributed by atoms with E-state index in [0.717, 1.165) is 30.6 Å². The Kier molecular flexibility index (Phi) is 6.85. The van der Waals surface area contributed by atoms with Crippen molar-refractivity contribution in [1.82, 2.24) is 0 Å². The second-order valence-electron chi connectivity index (χ2n) is 7.61. The van der Waals surface area contributed by atoms with Gasteiger partial charge in [-0.3, -0.25) is 4.79 Å². The van der Waals surface area contributed by atoms with E-state index < -0.39 is 6.10 Å². The molecule has 1 aliphatic rings. The fourth-order valence-electron chi connectivity index (χ4n) is 3.49. The molecule has 0 aromatic heterocycles. The molecule has 0 radical (unpaired) electrons. The highest BCUT2D eigenvalue weighted by molar-refractivity contribution is 5.94. The van der Waals surface area contributed by atoms with E-state index in [1.807, 2.05) is 66.7 Å². The van der Waals surface area contributed by atoms with Crippen LogP contribution in [-0.4, -0.2) is 31.3 Å². The summed E-state index contributed by atoms with van der Waals surface area (Å²) in [6.07, 6.45) is 1.62. The van der Waals surface area contributed by atoms with Gasteiger partial charge in [-0.25, -0.2) is 0 Å². The number of carbonyl (C=O) groups excluding carboxylic acids is 1. The quantitative estimate of drug-likeness (QED) is 0.539. The summed E-state index contributed by atoms with van der Waals surface area (Å²) < 4.78 is 17.2. The van der Waals surface area contributed by atoms with Crippen molar-refractivity contribution in [3.05, 3.63) is 78.9 Å². The molecule has 0 aliphatic carbocycles. The number of benzene rings is 3. The van der Waals surface area contributed by atoms with Gasteiger partial charge in [0.25, 0.3) is 5.91 Å². The van der Waals surface area contributed by atoms with E-state index in [-0.39, 0.29) is 12.0 Å². The highest BCUT2D eigenvalue weighted by Crippen LogP contribution is 2.23. The molecule has 1 amide bonds. The molecule has 1 heterocycles. The molecule has 3 aromatic carbocycles. The molecule has 3 aromatic rings. The highest BCUT2D eigenvalue weighted by atomic mass is 16.5. The summed E-state index contributed by atoms with van der Waals surface area (Å²) in [5, 5.41) is 2.89. The van der Waals surface area contributed by atoms with E-state index in [0.29, 0.717) is 23.8 Å². The summed E-state index contributed by atoms with van der Waals surface area (Å²) in [4.78, 5) is 12.6. The summed E-state index contributed by atoms with van der Waals surface area (Å²) in [5.41, 5.74) is 2.91. The van der Waals surface area contributed by atoms with Crippen LogP contribution in [0, 0.1) is 0 Å². The summed E-state index contributed by atoms with van der Waals surface area (Å²) in [6, 6.07) is 25.2. The first kappa shape index (κ1) is 20.9. The van der Waals surface area contributed by atoms with Crippen molar-refractivity contribution < 1.29 is 19.0 Å². The molecule has 1 fully saturated rings. The third-order valence-corrected chi connectivity index (χ3v) is 5.20. The zero-order valence-corrected chi connectivity index (χ0v) is 17.6. The first-order chi connectivity index (χ1) is 15.2. The minimum absolute atomic E-state index is 0.153. The molecule has 0 spiro atoms. The van der Waals surface area contributed by atoms with Crippen molar-refractivity contribution in [3.8, 4) is 22.6 Å². The van der Waals surface area contributed by atoms with Crippen molar-refractivity contribution in [2.24, 2.45) is 0 Å². The molecular weight excluding hydrogens is 390 g/mol. The molecule has 0 saturated carbocycles. The Morgan fingerprint density at radius 1 is 1.00 bits per heavy atom. The summed E-state index contributed by atoms with van der Waals surface area (Å²) in [7, 11) is 0. The lowest BCUT2D eigenvalue weighted by molar-refractivity contribution is -0.122. The predicted molar refractivity (Wildman–Crippen MR) is 122 cm³/mol. The first-order valence-corrected chi connectivity index (χ1v) is 10.6. The van der Waals surface area contributed by atoms with Crippen LogP contribution in [0.4, 0.5) is 5.69 Å². The fourth-order valence-corrected chi connectivity index (χ4v) is 3.49. The maximum atomic E-state index is 12.6. The molecule has 4 rings (SSSR count). The van der Waals surface area contributed by atoms with Gasteiger partial charge in [0.2, 0.25) is 0 Å². The number of amides is 1. The Bertz CT molecular complexity index is 982. The fraction of sp³-hybridized carbons (Fsp3) is 0.269. The zero-order chi connectivity index (χ0) is 21.5. The van der Waals surface area contributed by atoms with E-state index in [1.165, 1.54) is 0 Å². The van der Waals surface area contributed by atoms with E-state index >= 15 is 0 Å². The van der Waals surface area contributed by atoms with E-state index in [4.69, 9.17) is 14.2 Å². The number of carbonyl (C=O) groups is 1. The average Bonchev–Trinajstić information content (AvgIpc) is 3.33. The summed E-state index contributed by atoms with van der Waals surface area (Å²) in [5.74, 6) is 1.14. The number of anilines is 1. The third-order valence-electron chi connectivity index (χ3n) is 5.20. The maximum absolute atomic E-state index is 12.6. The van der Waals surface area contributed by atoms with Crippen LogP contribution in [0.5, 0.6) is 11.5 Å². The standard InChI is InChI=1S/C26H27NO4/c1-19(31-23-14-12-21(13-15-23)20-7-3-2-4-8-20)26(28)27-22-9-5-10-24(17-22)30-18-25-11-6-16-29-25/h2-5,7-10,12-15,17,19,25H,6,11,16,18H2,1H3,(H,27,28). The van der Waals surface area contributed by atoms with Gasteiger partial charge in [0.15, 0.2) is 6.10 Å². The normalized spacial score (nSPS) is 16.5. The van der Waals surface area contributed by atoms with Crippen LogP contribution < -0.4 is 14.8 Å². The van der Waals surface area contributed by atoms with E-state index in [2.05, 4.69) is 17.4 Å². The SMILES string of the molecule is CC(Oc1ccc(-c2ccccc2)cc1)C(=O)Nc1cccc(OCC2CCCO2)c1. The Balaban J connectivity index is 1.30. The number of rotatable bonds is 8. The summed E-state index contributed by atoms with van der Waals surface area (Å²) >= 11 is 0. The lowest BCUT2D eigenvalue weighted by Crippen LogP contribution is -2.30. The highest BCUT2D eigenvalue weighted by Gasteiger charge is 2.17. The van der Waals surface area contributed by atoms with Crippen molar-refractivity contribution in [1.29, 1.82) is 0 Å².